The maximum absolute atomic E-state index is 7.30. The summed E-state index contributed by atoms with van der Waals surface area (Å²) in [6.45, 7) is 30.3. The molecule has 4 nitrogen and oxygen atoms in total. The molecule has 0 saturated heterocycles. The Labute approximate surface area is 432 Å². The molecule has 2 aliphatic heterocycles. The third kappa shape index (κ3) is 6.93. The topological polar surface area (TPSA) is 32.8 Å². The van der Waals surface area contributed by atoms with Gasteiger partial charge < -0.3 is 18.5 Å². The molecule has 0 N–H and O–H groups in total. The van der Waals surface area contributed by atoms with Crippen molar-refractivity contribution in [3.05, 3.63) is 173 Å². The second-order valence-corrected chi connectivity index (χ2v) is 26.1. The summed E-state index contributed by atoms with van der Waals surface area (Å²) in [6, 6.07) is 55.6. The summed E-state index contributed by atoms with van der Waals surface area (Å²) in [4.78, 5) is 5.21. The molecule has 0 unspecified atom stereocenters. The molecular weight excluding hydrogens is 888 g/mol. The van der Waals surface area contributed by atoms with E-state index < -0.39 is 0 Å². The second-order valence-electron chi connectivity index (χ2n) is 26.1. The van der Waals surface area contributed by atoms with Gasteiger partial charge in [-0.3, -0.25) is 0 Å². The molecule has 0 atom stereocenters. The first-order valence-electron chi connectivity index (χ1n) is 26.6. The zero-order valence-electron chi connectivity index (χ0n) is 45.1. The summed E-state index contributed by atoms with van der Waals surface area (Å²) in [5.41, 5.74) is 23.2. The molecule has 73 heavy (non-hydrogen) atoms. The maximum Gasteiger partial charge on any atom is 0.333 e. The van der Waals surface area contributed by atoms with Crippen molar-refractivity contribution in [2.45, 2.75) is 130 Å². The molecule has 5 heteroatoms. The summed E-state index contributed by atoms with van der Waals surface area (Å²) in [5.74, 6) is 0. The average molecular weight is 955 g/mol. The van der Waals surface area contributed by atoms with E-state index in [4.69, 9.17) is 8.83 Å². The van der Waals surface area contributed by atoms with E-state index in [0.29, 0.717) is 0 Å². The molecule has 13 rings (SSSR count). The third-order valence-corrected chi connectivity index (χ3v) is 17.2. The fourth-order valence-electron chi connectivity index (χ4n) is 12.7. The van der Waals surface area contributed by atoms with E-state index in [1.54, 1.807) is 0 Å². The zero-order chi connectivity index (χ0) is 50.9. The van der Waals surface area contributed by atoms with Gasteiger partial charge in [0.25, 0.3) is 0 Å². The third-order valence-electron chi connectivity index (χ3n) is 17.2. The van der Waals surface area contributed by atoms with Crippen LogP contribution in [-0.4, -0.2) is 6.85 Å². The molecular formula is C68H67BN2O2. The van der Waals surface area contributed by atoms with Crippen LogP contribution in [0.3, 0.4) is 0 Å². The number of anilines is 5. The average Bonchev–Trinajstić information content (AvgIpc) is 3.91. The second kappa shape index (κ2) is 15.3. The number of hydrogen-bond acceptors (Lipinski definition) is 4. The lowest BCUT2D eigenvalue weighted by atomic mass is 9.43. The smallest absolute Gasteiger partial charge is 0.333 e. The van der Waals surface area contributed by atoms with Gasteiger partial charge in [0, 0.05) is 55.8 Å². The van der Waals surface area contributed by atoms with Crippen LogP contribution in [0, 0.1) is 0 Å². The molecule has 0 spiro atoms. The van der Waals surface area contributed by atoms with E-state index in [9.17, 15) is 0 Å². The van der Waals surface area contributed by atoms with E-state index in [1.807, 2.05) is 0 Å². The maximum atomic E-state index is 7.30. The van der Waals surface area contributed by atoms with Gasteiger partial charge in [-0.05, 0) is 150 Å². The first-order chi connectivity index (χ1) is 34.6. The van der Waals surface area contributed by atoms with E-state index in [0.717, 1.165) is 79.8 Å². The number of para-hydroxylation sites is 1. The fourth-order valence-corrected chi connectivity index (χ4v) is 12.7. The van der Waals surface area contributed by atoms with Crippen LogP contribution in [-0.2, 0) is 27.1 Å². The monoisotopic (exact) mass is 955 g/mol. The minimum absolute atomic E-state index is 0.00765. The Morgan fingerprint density at radius 1 is 0.452 bits per heavy atom. The van der Waals surface area contributed by atoms with Crippen molar-refractivity contribution in [2.75, 3.05) is 9.71 Å². The highest BCUT2D eigenvalue weighted by Crippen LogP contribution is 2.55. The highest BCUT2D eigenvalue weighted by atomic mass is 16.3. The van der Waals surface area contributed by atoms with E-state index in [1.165, 1.54) is 66.4 Å². The SMILES string of the molecule is CC(C)(C)c1ccc(N2B3c4cc(C(C)(C)C)ccc4N(c4ccc(C(C)(C)C)cc4-c4ccccc4)c4c3c(cc3c4oc4ccccc43)-c3cc4c(cc32)oc2cc3c(cc24)C(C)(C)CCC3(C)C)cc1. The standard InChI is InChI=1S/C68H67BN2O2/c1-64(2,3)41-23-27-44(28-24-41)71-57-39-60-48(49-37-52-53(38-59(49)72-60)68(12,13)32-31-67(52,10)11)35-47(57)50-36-51-45-21-17-18-22-58(45)73-63(51)62-61(50)69(71)54-34-43(66(7,8)9)26-30-56(54)70(62)55-29-25-42(65(4,5)6)33-46(55)40-19-15-14-16-20-40/h14-30,33-39H,31-32H2,1-13H3. The minimum atomic E-state index is -0.228. The van der Waals surface area contributed by atoms with E-state index >= 15 is 0 Å². The first kappa shape index (κ1) is 45.9. The van der Waals surface area contributed by atoms with Crippen LogP contribution in [0.15, 0.2) is 154 Å². The first-order valence-corrected chi connectivity index (χ1v) is 26.6. The van der Waals surface area contributed by atoms with Gasteiger partial charge in [-0.2, -0.15) is 0 Å². The van der Waals surface area contributed by atoms with Crippen molar-refractivity contribution in [1.82, 2.24) is 0 Å². The molecule has 3 aliphatic rings. The Kier molecular flexibility index (Phi) is 9.61. The van der Waals surface area contributed by atoms with Crippen LogP contribution < -0.4 is 20.6 Å². The fraction of sp³-hybridized carbons (Fsp3) is 0.294. The molecule has 364 valence electrons. The number of benzene rings is 8. The largest absolute Gasteiger partial charge is 0.456 e. The molecule has 0 amide bonds. The highest BCUT2D eigenvalue weighted by molar-refractivity contribution is 6.94. The Balaban J connectivity index is 1.20. The van der Waals surface area contributed by atoms with Crippen LogP contribution in [0.2, 0.25) is 0 Å². The van der Waals surface area contributed by atoms with Crippen molar-refractivity contribution in [3.63, 3.8) is 0 Å². The van der Waals surface area contributed by atoms with Gasteiger partial charge in [-0.25, -0.2) is 0 Å². The number of rotatable bonds is 3. The zero-order valence-corrected chi connectivity index (χ0v) is 45.1. The van der Waals surface area contributed by atoms with Crippen molar-refractivity contribution < 1.29 is 8.83 Å². The minimum Gasteiger partial charge on any atom is -0.456 e. The lowest BCUT2D eigenvalue weighted by molar-refractivity contribution is 0.332. The molecule has 0 saturated carbocycles. The Morgan fingerprint density at radius 2 is 1.03 bits per heavy atom. The van der Waals surface area contributed by atoms with Crippen molar-refractivity contribution in [1.29, 1.82) is 0 Å². The van der Waals surface area contributed by atoms with Gasteiger partial charge in [0.05, 0.1) is 11.4 Å². The summed E-state index contributed by atoms with van der Waals surface area (Å²) >= 11 is 0. The van der Waals surface area contributed by atoms with Crippen molar-refractivity contribution in [2.24, 2.45) is 0 Å². The van der Waals surface area contributed by atoms with Gasteiger partial charge in [0.1, 0.15) is 16.7 Å². The quantitative estimate of drug-likeness (QED) is 0.165. The number of nitrogens with zero attached hydrogens (tertiary/aromatic N) is 2. The van der Waals surface area contributed by atoms with Gasteiger partial charge in [0.2, 0.25) is 0 Å². The van der Waals surface area contributed by atoms with Gasteiger partial charge in [-0.1, -0.05) is 169 Å². The molecule has 0 bridgehead atoms. The predicted molar refractivity (Wildman–Crippen MR) is 312 cm³/mol. The Bertz CT molecular complexity index is 3920. The number of hydrogen-bond donors (Lipinski definition) is 0. The van der Waals surface area contributed by atoms with E-state index in [2.05, 4.69) is 245 Å². The predicted octanol–water partition coefficient (Wildman–Crippen LogP) is 18.1. The van der Waals surface area contributed by atoms with Gasteiger partial charge >= 0.3 is 6.85 Å². The van der Waals surface area contributed by atoms with Crippen LogP contribution in [0.25, 0.3) is 66.1 Å². The van der Waals surface area contributed by atoms with Crippen LogP contribution >= 0.6 is 0 Å². The summed E-state index contributed by atoms with van der Waals surface area (Å²) in [5, 5.41) is 4.55. The Hall–Kier alpha value is -6.98. The van der Waals surface area contributed by atoms with Crippen LogP contribution in [0.1, 0.15) is 131 Å². The lowest BCUT2D eigenvalue weighted by Crippen LogP contribution is -2.61. The molecule has 8 aromatic carbocycles. The summed E-state index contributed by atoms with van der Waals surface area (Å²) in [6.07, 6.45) is 2.30. The molecule has 0 fully saturated rings. The molecule has 1 aliphatic carbocycles. The number of fused-ring (bicyclic) bond motifs is 12. The molecule has 2 aromatic heterocycles. The van der Waals surface area contributed by atoms with Gasteiger partial charge in [0.15, 0.2) is 5.58 Å². The lowest BCUT2D eigenvalue weighted by Gasteiger charge is -2.46. The summed E-state index contributed by atoms with van der Waals surface area (Å²) < 4.78 is 14.5. The normalized spacial score (nSPS) is 16.0. The summed E-state index contributed by atoms with van der Waals surface area (Å²) in [7, 11) is 0. The molecule has 0 radical (unpaired) electrons. The van der Waals surface area contributed by atoms with Crippen LogP contribution in [0.4, 0.5) is 28.4 Å². The van der Waals surface area contributed by atoms with Crippen molar-refractivity contribution >= 4 is 90.1 Å². The van der Waals surface area contributed by atoms with Gasteiger partial charge in [-0.15, -0.1) is 0 Å². The highest BCUT2D eigenvalue weighted by Gasteiger charge is 2.48. The van der Waals surface area contributed by atoms with Crippen molar-refractivity contribution in [3.8, 4) is 22.3 Å². The number of furan rings is 2. The molecule has 4 heterocycles. The molecule has 10 aromatic rings. The van der Waals surface area contributed by atoms with E-state index in [-0.39, 0.29) is 33.9 Å². The Morgan fingerprint density at radius 3 is 1.71 bits per heavy atom. The van der Waals surface area contributed by atoms with Crippen LogP contribution in [0.5, 0.6) is 0 Å².